The van der Waals surface area contributed by atoms with E-state index in [-0.39, 0.29) is 11.4 Å². The van der Waals surface area contributed by atoms with Gasteiger partial charge in [0.1, 0.15) is 18.4 Å². The third-order valence-corrected chi connectivity index (χ3v) is 7.85. The Hall–Kier alpha value is -3.72. The number of hydrogen-bond acceptors (Lipinski definition) is 4. The number of anilines is 1. The van der Waals surface area contributed by atoms with Gasteiger partial charge in [-0.1, -0.05) is 35.9 Å². The molecule has 0 saturated heterocycles. The van der Waals surface area contributed by atoms with Crippen molar-refractivity contribution in [2.24, 2.45) is 0 Å². The smallest absolute Gasteiger partial charge is 0.264 e. The molecule has 196 valence electrons. The summed E-state index contributed by atoms with van der Waals surface area (Å²) >= 11 is 0. The number of carbonyl (C=O) groups is 2. The molecule has 0 spiro atoms. The van der Waals surface area contributed by atoms with Crippen molar-refractivity contribution in [1.82, 2.24) is 10.2 Å². The minimum atomic E-state index is -4.13. The van der Waals surface area contributed by atoms with E-state index in [2.05, 4.69) is 5.32 Å². The van der Waals surface area contributed by atoms with Crippen LogP contribution in [0.3, 0.4) is 0 Å². The van der Waals surface area contributed by atoms with Crippen LogP contribution < -0.4 is 9.62 Å². The molecule has 9 heteroatoms. The Morgan fingerprint density at radius 1 is 0.892 bits per heavy atom. The fourth-order valence-electron chi connectivity index (χ4n) is 4.04. The van der Waals surface area contributed by atoms with Gasteiger partial charge in [0.2, 0.25) is 11.8 Å². The number of benzene rings is 3. The summed E-state index contributed by atoms with van der Waals surface area (Å²) in [6.07, 6.45) is 0. The highest BCUT2D eigenvalue weighted by Crippen LogP contribution is 2.27. The lowest BCUT2D eigenvalue weighted by Gasteiger charge is -2.32. The first-order chi connectivity index (χ1) is 17.4. The third-order valence-electron chi connectivity index (χ3n) is 6.06. The predicted octanol–water partition coefficient (Wildman–Crippen LogP) is 4.11. The quantitative estimate of drug-likeness (QED) is 0.456. The highest BCUT2D eigenvalue weighted by atomic mass is 32.2. The summed E-state index contributed by atoms with van der Waals surface area (Å²) in [5, 5.41) is 2.53. The molecular formula is C28H32FN3O4S. The Bertz CT molecular complexity index is 1350. The molecule has 37 heavy (non-hydrogen) atoms. The Balaban J connectivity index is 2.06. The van der Waals surface area contributed by atoms with Crippen molar-refractivity contribution in [2.45, 2.75) is 45.2 Å². The van der Waals surface area contributed by atoms with Crippen LogP contribution >= 0.6 is 0 Å². The molecule has 0 fully saturated rings. The number of amides is 2. The Kier molecular flexibility index (Phi) is 8.70. The molecular weight excluding hydrogens is 493 g/mol. The van der Waals surface area contributed by atoms with Crippen molar-refractivity contribution in [3.8, 4) is 0 Å². The maximum absolute atomic E-state index is 13.8. The topological polar surface area (TPSA) is 86.8 Å². The average Bonchev–Trinajstić information content (AvgIpc) is 2.85. The SMILES string of the molecule is CNC(=O)[C@H](C)N(Cc1ccc(F)cc1)C(=O)CN(c1cc(C)cc(C)c1)S(=O)(=O)c1ccc(C)cc1. The molecule has 0 saturated carbocycles. The van der Waals surface area contributed by atoms with Crippen molar-refractivity contribution in [1.29, 1.82) is 0 Å². The van der Waals surface area contributed by atoms with E-state index in [9.17, 15) is 22.4 Å². The number of nitrogens with zero attached hydrogens (tertiary/aromatic N) is 2. The highest BCUT2D eigenvalue weighted by molar-refractivity contribution is 7.92. The van der Waals surface area contributed by atoms with Gasteiger partial charge in [-0.15, -0.1) is 0 Å². The number of hydrogen-bond donors (Lipinski definition) is 1. The Labute approximate surface area is 218 Å². The summed E-state index contributed by atoms with van der Waals surface area (Å²) in [4.78, 5) is 27.6. The van der Waals surface area contributed by atoms with E-state index >= 15 is 0 Å². The van der Waals surface area contributed by atoms with E-state index in [0.717, 1.165) is 21.0 Å². The summed E-state index contributed by atoms with van der Waals surface area (Å²) in [5.74, 6) is -1.41. The molecule has 2 amide bonds. The molecule has 0 aliphatic heterocycles. The van der Waals surface area contributed by atoms with E-state index < -0.39 is 40.2 Å². The van der Waals surface area contributed by atoms with Gasteiger partial charge in [-0.05, 0) is 80.8 Å². The van der Waals surface area contributed by atoms with Gasteiger partial charge in [0.25, 0.3) is 10.0 Å². The summed E-state index contributed by atoms with van der Waals surface area (Å²) in [6, 6.07) is 16.4. The van der Waals surface area contributed by atoms with Crippen molar-refractivity contribution >= 4 is 27.5 Å². The van der Waals surface area contributed by atoms with Gasteiger partial charge in [-0.25, -0.2) is 12.8 Å². The van der Waals surface area contributed by atoms with Crippen molar-refractivity contribution < 1.29 is 22.4 Å². The summed E-state index contributed by atoms with van der Waals surface area (Å²) in [5.41, 5.74) is 3.53. The molecule has 0 heterocycles. The standard InChI is InChI=1S/C28H32FN3O4S/c1-19-6-12-26(13-7-19)37(35,36)32(25-15-20(2)14-21(3)16-25)18-27(33)31(22(4)28(34)30-5)17-23-8-10-24(29)11-9-23/h6-16,22H,17-18H2,1-5H3,(H,30,34)/t22-/m0/s1. The van der Waals surface area contributed by atoms with Crippen molar-refractivity contribution in [3.05, 3.63) is 94.8 Å². The first-order valence-electron chi connectivity index (χ1n) is 11.9. The minimum absolute atomic E-state index is 0.00103. The second kappa shape index (κ2) is 11.6. The lowest BCUT2D eigenvalue weighted by Crippen LogP contribution is -2.50. The Morgan fingerprint density at radius 2 is 1.46 bits per heavy atom. The van der Waals surface area contributed by atoms with Crippen LogP contribution in [-0.4, -0.2) is 44.8 Å². The maximum Gasteiger partial charge on any atom is 0.264 e. The first kappa shape index (κ1) is 27.9. The monoisotopic (exact) mass is 525 g/mol. The molecule has 0 unspecified atom stereocenters. The second-order valence-electron chi connectivity index (χ2n) is 9.11. The normalized spacial score (nSPS) is 12.1. The molecule has 0 radical (unpaired) electrons. The van der Waals surface area contributed by atoms with Gasteiger partial charge in [0.15, 0.2) is 0 Å². The summed E-state index contributed by atoms with van der Waals surface area (Å²) < 4.78 is 42.2. The van der Waals surface area contributed by atoms with E-state index in [4.69, 9.17) is 0 Å². The van der Waals surface area contributed by atoms with Gasteiger partial charge in [-0.2, -0.15) is 0 Å². The lowest BCUT2D eigenvalue weighted by atomic mass is 10.1. The van der Waals surface area contributed by atoms with Crippen LogP contribution in [0.2, 0.25) is 0 Å². The zero-order valence-corrected chi connectivity index (χ0v) is 22.5. The fourth-order valence-corrected chi connectivity index (χ4v) is 5.44. The van der Waals surface area contributed by atoms with Crippen LogP contribution in [0, 0.1) is 26.6 Å². The molecule has 0 aliphatic carbocycles. The molecule has 1 atom stereocenters. The van der Waals surface area contributed by atoms with Gasteiger partial charge in [0, 0.05) is 13.6 Å². The third kappa shape index (κ3) is 6.74. The summed E-state index contributed by atoms with van der Waals surface area (Å²) in [6.45, 7) is 6.60. The first-order valence-corrected chi connectivity index (χ1v) is 13.3. The number of likely N-dealkylation sites (N-methyl/N-ethyl adjacent to an activating group) is 1. The zero-order valence-electron chi connectivity index (χ0n) is 21.7. The fraction of sp³-hybridized carbons (Fsp3) is 0.286. The molecule has 3 aromatic rings. The highest BCUT2D eigenvalue weighted by Gasteiger charge is 2.32. The molecule has 3 aromatic carbocycles. The molecule has 7 nitrogen and oxygen atoms in total. The van der Waals surface area contributed by atoms with E-state index in [1.807, 2.05) is 26.8 Å². The number of sulfonamides is 1. The van der Waals surface area contributed by atoms with Gasteiger partial charge < -0.3 is 10.2 Å². The van der Waals surface area contributed by atoms with E-state index in [1.165, 1.54) is 48.3 Å². The van der Waals surface area contributed by atoms with Crippen molar-refractivity contribution in [3.63, 3.8) is 0 Å². The second-order valence-corrected chi connectivity index (χ2v) is 11.0. The Morgan fingerprint density at radius 3 is 2.00 bits per heavy atom. The molecule has 0 bridgehead atoms. The predicted molar refractivity (Wildman–Crippen MR) is 142 cm³/mol. The number of aryl methyl sites for hydroxylation is 3. The lowest BCUT2D eigenvalue weighted by molar-refractivity contribution is -0.139. The van der Waals surface area contributed by atoms with E-state index in [0.29, 0.717) is 11.3 Å². The van der Waals surface area contributed by atoms with Crippen LogP contribution in [0.25, 0.3) is 0 Å². The number of nitrogens with one attached hydrogen (secondary N) is 1. The number of carbonyl (C=O) groups excluding carboxylic acids is 2. The number of rotatable bonds is 9. The molecule has 3 rings (SSSR count). The van der Waals surface area contributed by atoms with Gasteiger partial charge >= 0.3 is 0 Å². The zero-order chi connectivity index (χ0) is 27.3. The van der Waals surface area contributed by atoms with Crippen LogP contribution in [0.5, 0.6) is 0 Å². The van der Waals surface area contributed by atoms with Crippen LogP contribution in [-0.2, 0) is 26.2 Å². The van der Waals surface area contributed by atoms with Gasteiger partial charge in [0.05, 0.1) is 10.6 Å². The van der Waals surface area contributed by atoms with Crippen LogP contribution in [0.4, 0.5) is 10.1 Å². The molecule has 1 N–H and O–H groups in total. The van der Waals surface area contributed by atoms with E-state index in [1.54, 1.807) is 31.2 Å². The number of halogens is 1. The maximum atomic E-state index is 13.8. The summed E-state index contributed by atoms with van der Waals surface area (Å²) in [7, 11) is -2.67. The van der Waals surface area contributed by atoms with Gasteiger partial charge in [-0.3, -0.25) is 13.9 Å². The van der Waals surface area contributed by atoms with Crippen LogP contribution in [0.1, 0.15) is 29.2 Å². The average molecular weight is 526 g/mol. The van der Waals surface area contributed by atoms with Crippen LogP contribution in [0.15, 0.2) is 71.6 Å². The largest absolute Gasteiger partial charge is 0.357 e. The molecule has 0 aliphatic rings. The minimum Gasteiger partial charge on any atom is -0.357 e. The van der Waals surface area contributed by atoms with Crippen molar-refractivity contribution in [2.75, 3.05) is 17.9 Å². The molecule has 0 aromatic heterocycles.